The molecule has 2 amide bonds. The van der Waals surface area contributed by atoms with Crippen LogP contribution in [0.25, 0.3) is 0 Å². The van der Waals surface area contributed by atoms with Gasteiger partial charge in [0.05, 0.1) is 12.9 Å². The highest BCUT2D eigenvalue weighted by atomic mass is 32.2. The molecular formula is C9H19N3O6S. The Bertz CT molecular complexity index is 397. The third-order valence-corrected chi connectivity index (χ3v) is 2.67. The molecule has 0 aliphatic rings. The number of sulfonamides is 1. The average molecular weight is 297 g/mol. The minimum atomic E-state index is -3.30. The van der Waals surface area contributed by atoms with Gasteiger partial charge >= 0.3 is 12.0 Å². The first-order chi connectivity index (χ1) is 8.76. The number of aliphatic carboxylic acids is 1. The Balaban J connectivity index is 4.12. The highest BCUT2D eigenvalue weighted by Crippen LogP contribution is 1.90. The largest absolute Gasteiger partial charge is 0.480 e. The van der Waals surface area contributed by atoms with E-state index in [0.717, 1.165) is 11.2 Å². The van der Waals surface area contributed by atoms with Gasteiger partial charge in [0.25, 0.3) is 0 Å². The Morgan fingerprint density at radius 3 is 2.42 bits per heavy atom. The summed E-state index contributed by atoms with van der Waals surface area (Å²) in [7, 11) is -1.87. The lowest BCUT2D eigenvalue weighted by Gasteiger charge is -2.20. The van der Waals surface area contributed by atoms with Crippen molar-refractivity contribution in [2.75, 3.05) is 46.2 Å². The van der Waals surface area contributed by atoms with Crippen molar-refractivity contribution < 1.29 is 27.9 Å². The number of amides is 2. The van der Waals surface area contributed by atoms with Gasteiger partial charge in [-0.15, -0.1) is 0 Å². The zero-order valence-electron chi connectivity index (χ0n) is 10.9. The van der Waals surface area contributed by atoms with E-state index in [1.54, 1.807) is 0 Å². The minimum Gasteiger partial charge on any atom is -0.480 e. The molecule has 0 aliphatic heterocycles. The predicted octanol–water partition coefficient (Wildman–Crippen LogP) is -1.72. The van der Waals surface area contributed by atoms with Crippen LogP contribution in [0.2, 0.25) is 0 Å². The maximum Gasteiger partial charge on any atom is 0.323 e. The van der Waals surface area contributed by atoms with Crippen LogP contribution >= 0.6 is 0 Å². The molecule has 0 spiro atoms. The summed E-state index contributed by atoms with van der Waals surface area (Å²) in [5.41, 5.74) is 0. The van der Waals surface area contributed by atoms with Crippen molar-refractivity contribution in [2.24, 2.45) is 0 Å². The molecule has 3 N–H and O–H groups in total. The molecule has 0 atom stereocenters. The molecule has 0 aromatic heterocycles. The Morgan fingerprint density at radius 2 is 1.95 bits per heavy atom. The summed E-state index contributed by atoms with van der Waals surface area (Å²) in [5, 5.41) is 11.1. The number of carbonyl (C=O) groups excluding carboxylic acids is 1. The van der Waals surface area contributed by atoms with E-state index in [2.05, 4.69) is 10.0 Å². The maximum atomic E-state index is 11.6. The first-order valence-corrected chi connectivity index (χ1v) is 7.33. The van der Waals surface area contributed by atoms with E-state index in [4.69, 9.17) is 9.84 Å². The van der Waals surface area contributed by atoms with Crippen LogP contribution in [0.1, 0.15) is 0 Å². The maximum absolute atomic E-state index is 11.6. The smallest absolute Gasteiger partial charge is 0.323 e. The lowest BCUT2D eigenvalue weighted by molar-refractivity contribution is -0.137. The number of nitrogens with zero attached hydrogens (tertiary/aromatic N) is 1. The number of hydrogen-bond donors (Lipinski definition) is 3. The van der Waals surface area contributed by atoms with E-state index >= 15 is 0 Å². The zero-order chi connectivity index (χ0) is 14.9. The molecule has 0 saturated carbocycles. The molecule has 0 bridgehead atoms. The Hall–Kier alpha value is -1.39. The van der Waals surface area contributed by atoms with Crippen molar-refractivity contribution in [3.63, 3.8) is 0 Å². The number of carboxylic acid groups (broad SMARTS) is 1. The van der Waals surface area contributed by atoms with Crippen LogP contribution in [-0.4, -0.2) is 76.6 Å². The van der Waals surface area contributed by atoms with Crippen LogP contribution in [0, 0.1) is 0 Å². The first kappa shape index (κ1) is 17.6. The molecule has 19 heavy (non-hydrogen) atoms. The van der Waals surface area contributed by atoms with Crippen LogP contribution in [0.5, 0.6) is 0 Å². The quantitative estimate of drug-likeness (QED) is 0.435. The fraction of sp³-hybridized carbons (Fsp3) is 0.778. The van der Waals surface area contributed by atoms with Crippen LogP contribution < -0.4 is 10.0 Å². The van der Waals surface area contributed by atoms with Gasteiger partial charge in [-0.1, -0.05) is 0 Å². The van der Waals surface area contributed by atoms with Crippen molar-refractivity contribution in [1.29, 1.82) is 0 Å². The number of ether oxygens (including phenoxy) is 1. The van der Waals surface area contributed by atoms with Gasteiger partial charge in [-0.2, -0.15) is 0 Å². The second kappa shape index (κ2) is 8.67. The summed E-state index contributed by atoms with van der Waals surface area (Å²) >= 11 is 0. The number of carboxylic acids is 1. The number of urea groups is 1. The highest BCUT2D eigenvalue weighted by Gasteiger charge is 2.15. The molecule has 0 saturated heterocycles. The summed E-state index contributed by atoms with van der Waals surface area (Å²) < 4.78 is 28.5. The number of methoxy groups -OCH3 is 1. The molecule has 112 valence electrons. The number of rotatable bonds is 9. The fourth-order valence-electron chi connectivity index (χ4n) is 1.13. The van der Waals surface area contributed by atoms with Crippen molar-refractivity contribution in [2.45, 2.75) is 0 Å². The summed E-state index contributed by atoms with van der Waals surface area (Å²) in [5.74, 6) is -1.14. The molecule has 0 aromatic rings. The van der Waals surface area contributed by atoms with Crippen molar-refractivity contribution in [3.05, 3.63) is 0 Å². The summed E-state index contributed by atoms with van der Waals surface area (Å²) in [6.07, 6.45) is 1.00. The third kappa shape index (κ3) is 10.2. The third-order valence-electron chi connectivity index (χ3n) is 1.94. The first-order valence-electron chi connectivity index (χ1n) is 5.44. The van der Waals surface area contributed by atoms with Gasteiger partial charge in [-0.3, -0.25) is 4.79 Å². The number of carbonyl (C=O) groups is 2. The molecule has 10 heteroatoms. The number of hydrogen-bond acceptors (Lipinski definition) is 5. The van der Waals surface area contributed by atoms with Crippen molar-refractivity contribution in [1.82, 2.24) is 14.9 Å². The van der Waals surface area contributed by atoms with E-state index in [9.17, 15) is 18.0 Å². The van der Waals surface area contributed by atoms with E-state index < -0.39 is 28.6 Å². The van der Waals surface area contributed by atoms with E-state index in [1.165, 1.54) is 7.11 Å². The molecule has 0 aromatic carbocycles. The lowest BCUT2D eigenvalue weighted by atomic mass is 10.5. The van der Waals surface area contributed by atoms with E-state index in [0.29, 0.717) is 0 Å². The van der Waals surface area contributed by atoms with Crippen LogP contribution in [0.15, 0.2) is 0 Å². The molecule has 0 aliphatic carbocycles. The molecule has 0 fully saturated rings. The van der Waals surface area contributed by atoms with Crippen LogP contribution in [-0.2, 0) is 19.6 Å². The highest BCUT2D eigenvalue weighted by molar-refractivity contribution is 7.88. The second-order valence-corrected chi connectivity index (χ2v) is 5.54. The molecule has 9 nitrogen and oxygen atoms in total. The normalized spacial score (nSPS) is 11.1. The fourth-order valence-corrected chi connectivity index (χ4v) is 1.61. The van der Waals surface area contributed by atoms with Crippen molar-refractivity contribution >= 4 is 22.0 Å². The molecular weight excluding hydrogens is 278 g/mol. The van der Waals surface area contributed by atoms with E-state index in [1.807, 2.05) is 0 Å². The SMILES string of the molecule is COCCN(CC(=O)O)C(=O)NCCNS(C)(=O)=O. The number of nitrogens with one attached hydrogen (secondary N) is 2. The molecule has 0 rings (SSSR count). The molecule has 0 heterocycles. The van der Waals surface area contributed by atoms with Gasteiger partial charge in [0.1, 0.15) is 6.54 Å². The monoisotopic (exact) mass is 297 g/mol. The Kier molecular flexibility index (Phi) is 8.03. The molecule has 0 radical (unpaired) electrons. The molecule has 0 unspecified atom stereocenters. The van der Waals surface area contributed by atoms with Gasteiger partial charge in [0.15, 0.2) is 0 Å². The van der Waals surface area contributed by atoms with Crippen LogP contribution in [0.4, 0.5) is 4.79 Å². The van der Waals surface area contributed by atoms with Crippen molar-refractivity contribution in [3.8, 4) is 0 Å². The van der Waals surface area contributed by atoms with Crippen LogP contribution in [0.3, 0.4) is 0 Å². The van der Waals surface area contributed by atoms with Gasteiger partial charge in [0, 0.05) is 26.7 Å². The van der Waals surface area contributed by atoms with Gasteiger partial charge < -0.3 is 20.1 Å². The van der Waals surface area contributed by atoms with E-state index in [-0.39, 0.29) is 26.2 Å². The van der Waals surface area contributed by atoms with Gasteiger partial charge in [0.2, 0.25) is 10.0 Å². The Morgan fingerprint density at radius 1 is 1.32 bits per heavy atom. The minimum absolute atomic E-state index is 0.0375. The summed E-state index contributed by atoms with van der Waals surface area (Å²) in [4.78, 5) is 23.3. The standard InChI is InChI=1S/C9H19N3O6S/c1-18-6-5-12(7-8(13)14)9(15)10-3-4-11-19(2,16)17/h11H,3-7H2,1-2H3,(H,10,15)(H,13,14). The topological polar surface area (TPSA) is 125 Å². The predicted molar refractivity (Wildman–Crippen MR) is 67.3 cm³/mol. The zero-order valence-corrected chi connectivity index (χ0v) is 11.7. The average Bonchev–Trinajstić information content (AvgIpc) is 2.28. The Labute approximate surface area is 112 Å². The van der Waals surface area contributed by atoms with Gasteiger partial charge in [-0.05, 0) is 0 Å². The summed E-state index contributed by atoms with van der Waals surface area (Å²) in [6.45, 7) is -0.00407. The lowest BCUT2D eigenvalue weighted by Crippen LogP contribution is -2.46. The van der Waals surface area contributed by atoms with Gasteiger partial charge in [-0.25, -0.2) is 17.9 Å². The summed E-state index contributed by atoms with van der Waals surface area (Å²) in [6, 6.07) is -0.588. The second-order valence-electron chi connectivity index (χ2n) is 3.71.